The van der Waals surface area contributed by atoms with Gasteiger partial charge in [-0.25, -0.2) is 4.98 Å². The van der Waals surface area contributed by atoms with Gasteiger partial charge in [0.1, 0.15) is 5.82 Å². The number of rotatable bonds is 2. The molecule has 2 nitrogen and oxygen atoms in total. The van der Waals surface area contributed by atoms with Crippen molar-refractivity contribution < 1.29 is 0 Å². The molecule has 2 aromatic rings. The Bertz CT molecular complexity index is 554. The van der Waals surface area contributed by atoms with Crippen molar-refractivity contribution >= 4 is 16.7 Å². The number of nitrogens with one attached hydrogen (secondary N) is 1. The van der Waals surface area contributed by atoms with Gasteiger partial charge in [-0.3, -0.25) is 0 Å². The molecular weight excluding hydrogens is 232 g/mol. The quantitative estimate of drug-likeness (QED) is 0.787. The minimum absolute atomic E-state index is 0.606. The number of fused-ring (bicyclic) bond motifs is 1. The summed E-state index contributed by atoms with van der Waals surface area (Å²) in [6, 6.07) is 11.2. The van der Waals surface area contributed by atoms with Crippen molar-refractivity contribution in [3.05, 3.63) is 35.9 Å². The Hall–Kier alpha value is -1.57. The third-order valence-electron chi connectivity index (χ3n) is 4.11. The van der Waals surface area contributed by atoms with Crippen molar-refractivity contribution in [2.24, 2.45) is 0 Å². The molecule has 1 aliphatic rings. The van der Waals surface area contributed by atoms with Crippen LogP contribution in [0.25, 0.3) is 10.9 Å². The maximum atomic E-state index is 4.79. The monoisotopic (exact) mass is 254 g/mol. The van der Waals surface area contributed by atoms with Gasteiger partial charge in [-0.1, -0.05) is 43.9 Å². The molecule has 0 unspecified atom stereocenters. The minimum atomic E-state index is 0.606. The predicted octanol–water partition coefficient (Wildman–Crippen LogP) is 4.68. The fourth-order valence-electron chi connectivity index (χ4n) is 2.98. The van der Waals surface area contributed by atoms with Crippen molar-refractivity contribution in [1.82, 2.24) is 4.98 Å². The molecule has 0 saturated heterocycles. The molecule has 0 spiro atoms. The SMILES string of the molecule is Cc1cc2ccccc2nc1NC1CCCCCC1. The second kappa shape index (κ2) is 5.60. The van der Waals surface area contributed by atoms with E-state index in [1.807, 2.05) is 0 Å². The first-order valence-corrected chi connectivity index (χ1v) is 7.46. The van der Waals surface area contributed by atoms with E-state index in [1.54, 1.807) is 0 Å². The van der Waals surface area contributed by atoms with Crippen LogP contribution < -0.4 is 5.32 Å². The van der Waals surface area contributed by atoms with E-state index in [9.17, 15) is 0 Å². The highest BCUT2D eigenvalue weighted by Crippen LogP contribution is 2.24. The normalized spacial score (nSPS) is 17.3. The fourth-order valence-corrected chi connectivity index (χ4v) is 2.98. The van der Waals surface area contributed by atoms with Crippen LogP contribution in [0.4, 0.5) is 5.82 Å². The summed E-state index contributed by atoms with van der Waals surface area (Å²) in [7, 11) is 0. The van der Waals surface area contributed by atoms with Crippen LogP contribution in [-0.2, 0) is 0 Å². The number of aryl methyl sites for hydroxylation is 1. The van der Waals surface area contributed by atoms with E-state index in [0.717, 1.165) is 11.3 Å². The fraction of sp³-hybridized carbons (Fsp3) is 0.471. The average Bonchev–Trinajstić information content (AvgIpc) is 2.68. The summed E-state index contributed by atoms with van der Waals surface area (Å²) in [5.74, 6) is 1.07. The molecule has 100 valence electrons. The van der Waals surface area contributed by atoms with Crippen molar-refractivity contribution in [3.8, 4) is 0 Å². The van der Waals surface area contributed by atoms with Crippen molar-refractivity contribution in [3.63, 3.8) is 0 Å². The van der Waals surface area contributed by atoms with Gasteiger partial charge >= 0.3 is 0 Å². The second-order valence-electron chi connectivity index (χ2n) is 5.68. The number of aromatic nitrogens is 1. The lowest BCUT2D eigenvalue weighted by Gasteiger charge is -2.18. The maximum absolute atomic E-state index is 4.79. The van der Waals surface area contributed by atoms with Crippen LogP contribution in [0.1, 0.15) is 44.1 Å². The lowest BCUT2D eigenvalue weighted by Crippen LogP contribution is -2.19. The summed E-state index contributed by atoms with van der Waals surface area (Å²) in [4.78, 5) is 4.79. The van der Waals surface area contributed by atoms with Crippen LogP contribution in [0.5, 0.6) is 0 Å². The molecular formula is C17H22N2. The molecule has 1 N–H and O–H groups in total. The molecule has 0 atom stereocenters. The van der Waals surface area contributed by atoms with Gasteiger partial charge in [-0.15, -0.1) is 0 Å². The molecule has 0 radical (unpaired) electrons. The first kappa shape index (κ1) is 12.5. The molecule has 1 aliphatic carbocycles. The molecule has 0 bridgehead atoms. The number of hydrogen-bond acceptors (Lipinski definition) is 2. The second-order valence-corrected chi connectivity index (χ2v) is 5.68. The Labute approximate surface area is 115 Å². The molecule has 1 saturated carbocycles. The van der Waals surface area contributed by atoms with Crippen LogP contribution in [0, 0.1) is 6.92 Å². The van der Waals surface area contributed by atoms with Crippen molar-refractivity contribution in [1.29, 1.82) is 0 Å². The van der Waals surface area contributed by atoms with E-state index in [0.29, 0.717) is 6.04 Å². The van der Waals surface area contributed by atoms with Gasteiger partial charge in [0, 0.05) is 11.4 Å². The highest BCUT2D eigenvalue weighted by molar-refractivity contribution is 5.81. The number of benzene rings is 1. The zero-order chi connectivity index (χ0) is 13.1. The number of nitrogens with zero attached hydrogens (tertiary/aromatic N) is 1. The van der Waals surface area contributed by atoms with Gasteiger partial charge in [0.25, 0.3) is 0 Å². The number of pyridine rings is 1. The third kappa shape index (κ3) is 2.89. The van der Waals surface area contributed by atoms with E-state index < -0.39 is 0 Å². The highest BCUT2D eigenvalue weighted by atomic mass is 15.0. The topological polar surface area (TPSA) is 24.9 Å². The lowest BCUT2D eigenvalue weighted by atomic mass is 10.1. The summed E-state index contributed by atoms with van der Waals surface area (Å²) < 4.78 is 0. The molecule has 19 heavy (non-hydrogen) atoms. The Morgan fingerprint density at radius 3 is 2.58 bits per heavy atom. The van der Waals surface area contributed by atoms with Crippen LogP contribution in [0.15, 0.2) is 30.3 Å². The summed E-state index contributed by atoms with van der Waals surface area (Å²) in [5, 5.41) is 4.90. The number of anilines is 1. The van der Waals surface area contributed by atoms with Gasteiger partial charge < -0.3 is 5.32 Å². The van der Waals surface area contributed by atoms with Gasteiger partial charge in [0.2, 0.25) is 0 Å². The van der Waals surface area contributed by atoms with E-state index in [1.165, 1.54) is 49.5 Å². The molecule has 1 fully saturated rings. The van der Waals surface area contributed by atoms with Gasteiger partial charge in [0.15, 0.2) is 0 Å². The predicted molar refractivity (Wildman–Crippen MR) is 81.6 cm³/mol. The Morgan fingerprint density at radius 1 is 1.05 bits per heavy atom. The van der Waals surface area contributed by atoms with Crippen LogP contribution >= 0.6 is 0 Å². The van der Waals surface area contributed by atoms with Gasteiger partial charge in [-0.05, 0) is 37.5 Å². The zero-order valence-electron chi connectivity index (χ0n) is 11.7. The summed E-state index contributed by atoms with van der Waals surface area (Å²) >= 11 is 0. The average molecular weight is 254 g/mol. The summed E-state index contributed by atoms with van der Waals surface area (Å²) in [6.07, 6.45) is 8.06. The van der Waals surface area contributed by atoms with E-state index >= 15 is 0 Å². The maximum Gasteiger partial charge on any atom is 0.129 e. The standard InChI is InChI=1S/C17H22N2/c1-13-12-14-8-6-7-11-16(14)19-17(13)18-15-9-4-2-3-5-10-15/h6-8,11-12,15H,2-5,9-10H2,1H3,(H,18,19). The first-order valence-electron chi connectivity index (χ1n) is 7.46. The number of hydrogen-bond donors (Lipinski definition) is 1. The summed E-state index contributed by atoms with van der Waals surface area (Å²) in [5.41, 5.74) is 2.34. The molecule has 1 aromatic heterocycles. The lowest BCUT2D eigenvalue weighted by molar-refractivity contribution is 0.617. The first-order chi connectivity index (χ1) is 9.33. The van der Waals surface area contributed by atoms with Crippen molar-refractivity contribution in [2.45, 2.75) is 51.5 Å². The molecule has 1 aromatic carbocycles. The zero-order valence-corrected chi connectivity index (χ0v) is 11.7. The minimum Gasteiger partial charge on any atom is -0.367 e. The molecule has 0 aliphatic heterocycles. The van der Waals surface area contributed by atoms with Gasteiger partial charge in [0.05, 0.1) is 5.52 Å². The van der Waals surface area contributed by atoms with E-state index in [4.69, 9.17) is 4.98 Å². The molecule has 1 heterocycles. The largest absolute Gasteiger partial charge is 0.367 e. The van der Waals surface area contributed by atoms with Crippen LogP contribution in [0.3, 0.4) is 0 Å². The summed E-state index contributed by atoms with van der Waals surface area (Å²) in [6.45, 7) is 2.15. The Morgan fingerprint density at radius 2 is 1.79 bits per heavy atom. The molecule has 3 rings (SSSR count). The third-order valence-corrected chi connectivity index (χ3v) is 4.11. The van der Waals surface area contributed by atoms with E-state index in [-0.39, 0.29) is 0 Å². The van der Waals surface area contributed by atoms with Crippen LogP contribution in [-0.4, -0.2) is 11.0 Å². The smallest absolute Gasteiger partial charge is 0.129 e. The number of para-hydroxylation sites is 1. The van der Waals surface area contributed by atoms with Crippen LogP contribution in [0.2, 0.25) is 0 Å². The Balaban J connectivity index is 1.85. The molecule has 0 amide bonds. The van der Waals surface area contributed by atoms with E-state index in [2.05, 4.69) is 42.6 Å². The Kier molecular flexibility index (Phi) is 3.67. The van der Waals surface area contributed by atoms with Gasteiger partial charge in [-0.2, -0.15) is 0 Å². The highest BCUT2D eigenvalue weighted by Gasteiger charge is 2.13. The molecule has 2 heteroatoms. The van der Waals surface area contributed by atoms with Crippen molar-refractivity contribution in [2.75, 3.05) is 5.32 Å².